The topological polar surface area (TPSA) is 83.0 Å². The Labute approximate surface area is 199 Å². The van der Waals surface area contributed by atoms with Gasteiger partial charge in [0, 0.05) is 35.2 Å². The molecule has 0 saturated heterocycles. The van der Waals surface area contributed by atoms with Crippen LogP contribution in [0.4, 0.5) is 10.5 Å². The molecule has 2 aromatic heterocycles. The molecule has 4 rings (SSSR count). The number of hydrogen-bond acceptors (Lipinski definition) is 6. The molecule has 0 aliphatic carbocycles. The zero-order valence-electron chi connectivity index (χ0n) is 19.7. The molecule has 7 nitrogen and oxygen atoms in total. The van der Waals surface area contributed by atoms with Crippen molar-refractivity contribution in [2.24, 2.45) is 0 Å². The van der Waals surface area contributed by atoms with Crippen molar-refractivity contribution in [1.29, 1.82) is 0 Å². The molecular formula is C25H30N6OS. The van der Waals surface area contributed by atoms with Gasteiger partial charge in [-0.1, -0.05) is 39.8 Å². The number of fused-ring (bicyclic) bond motifs is 1. The predicted molar refractivity (Wildman–Crippen MR) is 133 cm³/mol. The lowest BCUT2D eigenvalue weighted by Gasteiger charge is -2.20. The predicted octanol–water partition coefficient (Wildman–Crippen LogP) is 4.90. The van der Waals surface area contributed by atoms with Crippen LogP contribution >= 0.6 is 11.9 Å². The molecule has 33 heavy (non-hydrogen) atoms. The second kappa shape index (κ2) is 9.49. The zero-order valence-corrected chi connectivity index (χ0v) is 20.5. The van der Waals surface area contributed by atoms with Gasteiger partial charge in [0.05, 0.1) is 22.8 Å². The van der Waals surface area contributed by atoms with Crippen LogP contribution < -0.4 is 14.9 Å². The van der Waals surface area contributed by atoms with E-state index in [9.17, 15) is 4.79 Å². The molecular weight excluding hydrogens is 432 g/mol. The molecule has 0 bridgehead atoms. The smallest absolute Gasteiger partial charge is 0.322 e. The normalized spacial score (nSPS) is 14.4. The maximum Gasteiger partial charge on any atom is 0.322 e. The van der Waals surface area contributed by atoms with E-state index in [0.29, 0.717) is 13.1 Å². The summed E-state index contributed by atoms with van der Waals surface area (Å²) in [6, 6.07) is 12.0. The lowest BCUT2D eigenvalue weighted by atomic mass is 9.91. The average molecular weight is 463 g/mol. The Hall–Kier alpha value is -2.97. The molecule has 0 saturated carbocycles. The van der Waals surface area contributed by atoms with Crippen LogP contribution in [0.5, 0.6) is 0 Å². The largest absolute Gasteiger partial charge is 0.334 e. The van der Waals surface area contributed by atoms with Gasteiger partial charge in [0.25, 0.3) is 0 Å². The Morgan fingerprint density at radius 3 is 2.64 bits per heavy atom. The van der Waals surface area contributed by atoms with E-state index in [4.69, 9.17) is 4.98 Å². The van der Waals surface area contributed by atoms with Gasteiger partial charge in [0.15, 0.2) is 0 Å². The molecule has 0 unspecified atom stereocenters. The second-order valence-corrected chi connectivity index (χ2v) is 10.2. The molecule has 0 radical (unpaired) electrons. The summed E-state index contributed by atoms with van der Waals surface area (Å²) in [6.45, 7) is 9.52. The minimum atomic E-state index is -0.262. The van der Waals surface area contributed by atoms with Gasteiger partial charge >= 0.3 is 6.03 Å². The fourth-order valence-corrected chi connectivity index (χ4v) is 4.62. The lowest BCUT2D eigenvalue weighted by molar-refractivity contribution is 0.245. The number of anilines is 1. The van der Waals surface area contributed by atoms with Crippen LogP contribution in [-0.4, -0.2) is 34.6 Å². The number of carbonyl (C=O) groups excluding carboxylic acids is 1. The van der Waals surface area contributed by atoms with E-state index in [1.165, 1.54) is 0 Å². The summed E-state index contributed by atoms with van der Waals surface area (Å²) in [7, 11) is 1.89. The molecule has 3 aromatic rings. The fraction of sp³-hybridized carbons (Fsp3) is 0.360. The molecule has 0 atom stereocenters. The van der Waals surface area contributed by atoms with Crippen molar-refractivity contribution in [1.82, 2.24) is 25.0 Å². The van der Waals surface area contributed by atoms with Gasteiger partial charge in [-0.2, -0.15) is 0 Å². The van der Waals surface area contributed by atoms with E-state index >= 15 is 0 Å². The molecule has 172 valence electrons. The third-order valence-corrected chi connectivity index (χ3v) is 6.47. The van der Waals surface area contributed by atoms with Gasteiger partial charge in [0.2, 0.25) is 0 Å². The molecule has 0 fully saturated rings. The van der Waals surface area contributed by atoms with E-state index in [0.717, 1.165) is 38.8 Å². The van der Waals surface area contributed by atoms with E-state index in [1.807, 2.05) is 49.6 Å². The van der Waals surface area contributed by atoms with Crippen molar-refractivity contribution in [2.75, 3.05) is 18.5 Å². The van der Waals surface area contributed by atoms with Crippen LogP contribution in [0.1, 0.15) is 50.6 Å². The van der Waals surface area contributed by atoms with Gasteiger partial charge in [-0.3, -0.25) is 9.62 Å². The zero-order chi connectivity index (χ0) is 23.6. The minimum absolute atomic E-state index is 0.115. The summed E-state index contributed by atoms with van der Waals surface area (Å²) >= 11 is 1.56. The van der Waals surface area contributed by atoms with E-state index in [2.05, 4.69) is 47.7 Å². The minimum Gasteiger partial charge on any atom is -0.334 e. The fourth-order valence-electron chi connectivity index (χ4n) is 4.12. The number of pyridine rings is 1. The Kier molecular flexibility index (Phi) is 6.67. The van der Waals surface area contributed by atoms with Crippen molar-refractivity contribution in [3.05, 3.63) is 65.9 Å². The molecule has 2 amide bonds. The highest BCUT2D eigenvalue weighted by atomic mass is 32.2. The quantitative estimate of drug-likeness (QED) is 0.507. The molecule has 1 aromatic carbocycles. The van der Waals surface area contributed by atoms with Gasteiger partial charge < -0.3 is 5.32 Å². The summed E-state index contributed by atoms with van der Waals surface area (Å²) in [5.74, 6) is 0.263. The van der Waals surface area contributed by atoms with Crippen molar-refractivity contribution in [2.45, 2.75) is 50.5 Å². The van der Waals surface area contributed by atoms with Crippen LogP contribution in [0, 0.1) is 0 Å². The first-order valence-corrected chi connectivity index (χ1v) is 11.9. The molecule has 0 spiro atoms. The summed E-state index contributed by atoms with van der Waals surface area (Å²) in [4.78, 5) is 29.7. The first-order chi connectivity index (χ1) is 15.8. The average Bonchev–Trinajstić information content (AvgIpc) is 3.09. The standard InChI is InChI=1S/C25H30N6OS/c1-16(2)22-19(13-27-15-29-22)20-10-11-21-23(30-20)25(3,4)14-31(21)24(32)28-12-17-6-8-18(9-7-17)33-26-5/h6-11,13,15-16,26H,12,14H2,1-5H3,(H,28,32). The van der Waals surface area contributed by atoms with Crippen LogP contribution in [0.25, 0.3) is 11.3 Å². The lowest BCUT2D eigenvalue weighted by Crippen LogP contribution is -2.41. The third-order valence-electron chi connectivity index (χ3n) is 5.76. The van der Waals surface area contributed by atoms with Gasteiger partial charge in [0.1, 0.15) is 6.33 Å². The number of aromatic nitrogens is 3. The Morgan fingerprint density at radius 1 is 1.18 bits per heavy atom. The third kappa shape index (κ3) is 4.86. The summed E-state index contributed by atoms with van der Waals surface area (Å²) in [5, 5.41) is 3.06. The van der Waals surface area contributed by atoms with Crippen molar-refractivity contribution < 1.29 is 4.79 Å². The number of benzene rings is 1. The van der Waals surface area contributed by atoms with Crippen LogP contribution in [0.3, 0.4) is 0 Å². The summed E-state index contributed by atoms with van der Waals surface area (Å²) in [6.07, 6.45) is 3.40. The first kappa shape index (κ1) is 23.2. The number of hydrogen-bond donors (Lipinski definition) is 2. The monoisotopic (exact) mass is 462 g/mol. The maximum atomic E-state index is 13.1. The highest BCUT2D eigenvalue weighted by molar-refractivity contribution is 7.97. The number of nitrogens with zero attached hydrogens (tertiary/aromatic N) is 4. The van der Waals surface area contributed by atoms with Gasteiger partial charge in [-0.15, -0.1) is 0 Å². The Balaban J connectivity index is 1.54. The Morgan fingerprint density at radius 2 is 1.94 bits per heavy atom. The van der Waals surface area contributed by atoms with E-state index in [1.54, 1.807) is 23.2 Å². The van der Waals surface area contributed by atoms with Crippen molar-refractivity contribution >= 4 is 23.7 Å². The SMILES string of the molecule is CNSc1ccc(CNC(=O)N2CC(C)(C)c3nc(-c4cncnc4C(C)C)ccc32)cc1. The summed E-state index contributed by atoms with van der Waals surface area (Å²) in [5.41, 5.74) is 5.32. The van der Waals surface area contributed by atoms with Crippen LogP contribution in [0.2, 0.25) is 0 Å². The molecule has 1 aliphatic heterocycles. The number of nitrogens with one attached hydrogen (secondary N) is 2. The molecule has 8 heteroatoms. The molecule has 1 aliphatic rings. The van der Waals surface area contributed by atoms with Crippen molar-refractivity contribution in [3.8, 4) is 11.3 Å². The van der Waals surface area contributed by atoms with E-state index < -0.39 is 0 Å². The number of urea groups is 1. The van der Waals surface area contributed by atoms with Crippen LogP contribution in [0.15, 0.2) is 53.8 Å². The van der Waals surface area contributed by atoms with Crippen LogP contribution in [-0.2, 0) is 12.0 Å². The maximum absolute atomic E-state index is 13.1. The second-order valence-electron chi connectivity index (χ2n) is 9.12. The molecule has 3 heterocycles. The Bertz CT molecular complexity index is 1150. The number of amides is 2. The van der Waals surface area contributed by atoms with Gasteiger partial charge in [-0.25, -0.2) is 19.7 Å². The van der Waals surface area contributed by atoms with Gasteiger partial charge in [-0.05, 0) is 54.7 Å². The van der Waals surface area contributed by atoms with E-state index in [-0.39, 0.29) is 17.4 Å². The first-order valence-electron chi connectivity index (χ1n) is 11.1. The summed E-state index contributed by atoms with van der Waals surface area (Å²) < 4.78 is 3.06. The van der Waals surface area contributed by atoms with Crippen molar-refractivity contribution in [3.63, 3.8) is 0 Å². The molecule has 2 N–H and O–H groups in total. The highest BCUT2D eigenvalue weighted by Crippen LogP contribution is 2.40. The number of carbonyl (C=O) groups is 1. The number of rotatable bonds is 6. The highest BCUT2D eigenvalue weighted by Gasteiger charge is 2.39.